The lowest BCUT2D eigenvalue weighted by Gasteiger charge is -1.97. The van der Waals surface area contributed by atoms with Gasteiger partial charge < -0.3 is 5.32 Å². The van der Waals surface area contributed by atoms with Crippen molar-refractivity contribution in [1.82, 2.24) is 9.97 Å². The fraction of sp³-hybridized carbons (Fsp3) is 0.200. The van der Waals surface area contributed by atoms with Crippen molar-refractivity contribution in [3.8, 4) is 0 Å². The number of hydrogen-bond donors (Lipinski definition) is 1. The van der Waals surface area contributed by atoms with Crippen LogP contribution in [-0.2, 0) is 0 Å². The van der Waals surface area contributed by atoms with E-state index in [0.29, 0.717) is 11.0 Å². The Kier molecular flexibility index (Phi) is 2.29. The van der Waals surface area contributed by atoms with Gasteiger partial charge in [0.05, 0.1) is 0 Å². The van der Waals surface area contributed by atoms with E-state index in [1.54, 1.807) is 13.1 Å². The number of halogens is 2. The standard InChI is InChI=1S/C5H5Cl2N3/c1-8-4-2-3(6)9-5(7)10-4/h2H,1H3,(H,8,9,10). The number of rotatable bonds is 1. The third-order valence-electron chi connectivity index (χ3n) is 0.924. The maximum absolute atomic E-state index is 5.55. The van der Waals surface area contributed by atoms with Gasteiger partial charge in [-0.05, 0) is 11.6 Å². The van der Waals surface area contributed by atoms with Crippen LogP contribution in [0.1, 0.15) is 0 Å². The van der Waals surface area contributed by atoms with Crippen LogP contribution in [-0.4, -0.2) is 17.0 Å². The molecule has 10 heavy (non-hydrogen) atoms. The van der Waals surface area contributed by atoms with Gasteiger partial charge in [0.15, 0.2) is 0 Å². The Balaban J connectivity index is 3.06. The number of hydrogen-bond acceptors (Lipinski definition) is 3. The number of nitrogens with one attached hydrogen (secondary N) is 1. The molecule has 0 saturated carbocycles. The molecule has 0 radical (unpaired) electrons. The molecule has 1 aromatic rings. The summed E-state index contributed by atoms with van der Waals surface area (Å²) in [6.07, 6.45) is 0. The van der Waals surface area contributed by atoms with Crippen molar-refractivity contribution in [2.75, 3.05) is 12.4 Å². The summed E-state index contributed by atoms with van der Waals surface area (Å²) in [6, 6.07) is 1.59. The molecule has 0 aromatic carbocycles. The molecule has 1 aromatic heterocycles. The summed E-state index contributed by atoms with van der Waals surface area (Å²) in [5.74, 6) is 0.616. The fourth-order valence-electron chi connectivity index (χ4n) is 0.518. The van der Waals surface area contributed by atoms with Crippen molar-refractivity contribution in [3.63, 3.8) is 0 Å². The van der Waals surface area contributed by atoms with Gasteiger partial charge >= 0.3 is 0 Å². The first-order valence-electron chi connectivity index (χ1n) is 2.60. The van der Waals surface area contributed by atoms with Gasteiger partial charge in [-0.1, -0.05) is 11.6 Å². The molecular formula is C5H5Cl2N3. The molecule has 0 spiro atoms. The zero-order chi connectivity index (χ0) is 7.56. The lowest BCUT2D eigenvalue weighted by Crippen LogP contribution is -1.93. The first-order chi connectivity index (χ1) is 4.72. The molecule has 0 aliphatic heterocycles. The van der Waals surface area contributed by atoms with Crippen molar-refractivity contribution in [3.05, 3.63) is 16.5 Å². The third kappa shape index (κ3) is 1.72. The Morgan fingerprint density at radius 2 is 2.10 bits per heavy atom. The Morgan fingerprint density at radius 3 is 2.60 bits per heavy atom. The second kappa shape index (κ2) is 3.03. The lowest BCUT2D eigenvalue weighted by atomic mass is 10.6. The first-order valence-corrected chi connectivity index (χ1v) is 3.36. The maximum Gasteiger partial charge on any atom is 0.225 e. The number of nitrogens with zero attached hydrogens (tertiary/aromatic N) is 2. The third-order valence-corrected chi connectivity index (χ3v) is 1.29. The van der Waals surface area contributed by atoms with Crippen molar-refractivity contribution in [1.29, 1.82) is 0 Å². The Labute approximate surface area is 68.4 Å². The van der Waals surface area contributed by atoms with Gasteiger partial charge in [-0.2, -0.15) is 0 Å². The van der Waals surface area contributed by atoms with E-state index in [9.17, 15) is 0 Å². The van der Waals surface area contributed by atoms with Crippen molar-refractivity contribution in [2.45, 2.75) is 0 Å². The predicted octanol–water partition coefficient (Wildman–Crippen LogP) is 1.83. The molecule has 5 heteroatoms. The molecular weight excluding hydrogens is 173 g/mol. The molecule has 0 saturated heterocycles. The SMILES string of the molecule is CNc1cc(Cl)nc(Cl)n1. The van der Waals surface area contributed by atoms with Crippen LogP contribution in [0.3, 0.4) is 0 Å². The summed E-state index contributed by atoms with van der Waals surface area (Å²) < 4.78 is 0. The zero-order valence-corrected chi connectivity index (χ0v) is 6.74. The summed E-state index contributed by atoms with van der Waals surface area (Å²) in [5, 5.41) is 3.28. The van der Waals surface area contributed by atoms with E-state index in [4.69, 9.17) is 23.2 Å². The van der Waals surface area contributed by atoms with Crippen molar-refractivity contribution >= 4 is 29.0 Å². The number of anilines is 1. The molecule has 54 valence electrons. The Bertz CT molecular complexity index is 218. The summed E-state index contributed by atoms with van der Waals surface area (Å²) in [6.45, 7) is 0. The minimum Gasteiger partial charge on any atom is -0.373 e. The molecule has 1 heterocycles. The van der Waals surface area contributed by atoms with Gasteiger partial charge in [0.1, 0.15) is 11.0 Å². The highest BCUT2D eigenvalue weighted by Crippen LogP contribution is 2.13. The summed E-state index contributed by atoms with van der Waals surface area (Å²) >= 11 is 11.0. The smallest absolute Gasteiger partial charge is 0.225 e. The first kappa shape index (κ1) is 7.57. The summed E-state index contributed by atoms with van der Waals surface area (Å²) in [4.78, 5) is 7.47. The predicted molar refractivity (Wildman–Crippen MR) is 41.6 cm³/mol. The highest BCUT2D eigenvalue weighted by molar-refractivity contribution is 6.32. The molecule has 0 bridgehead atoms. The lowest BCUT2D eigenvalue weighted by molar-refractivity contribution is 1.16. The highest BCUT2D eigenvalue weighted by atomic mass is 35.5. The molecule has 1 N–H and O–H groups in total. The van der Waals surface area contributed by atoms with E-state index in [1.165, 1.54) is 0 Å². The monoisotopic (exact) mass is 177 g/mol. The Hall–Kier alpha value is -0.540. The fourth-order valence-corrected chi connectivity index (χ4v) is 0.927. The second-order valence-electron chi connectivity index (χ2n) is 1.59. The van der Waals surface area contributed by atoms with Gasteiger partial charge in [0.25, 0.3) is 0 Å². The van der Waals surface area contributed by atoms with E-state index >= 15 is 0 Å². The zero-order valence-electron chi connectivity index (χ0n) is 5.23. The van der Waals surface area contributed by atoms with Gasteiger partial charge in [0.2, 0.25) is 5.28 Å². The average molecular weight is 178 g/mol. The van der Waals surface area contributed by atoms with Crippen molar-refractivity contribution < 1.29 is 0 Å². The Morgan fingerprint density at radius 1 is 1.40 bits per heavy atom. The van der Waals surface area contributed by atoms with Crippen LogP contribution in [0, 0.1) is 0 Å². The topological polar surface area (TPSA) is 37.8 Å². The molecule has 0 fully saturated rings. The molecule has 0 aliphatic rings. The van der Waals surface area contributed by atoms with Gasteiger partial charge in [-0.15, -0.1) is 0 Å². The van der Waals surface area contributed by atoms with Gasteiger partial charge in [0, 0.05) is 13.1 Å². The highest BCUT2D eigenvalue weighted by Gasteiger charge is 1.97. The largest absolute Gasteiger partial charge is 0.373 e. The van der Waals surface area contributed by atoms with E-state index in [2.05, 4.69) is 15.3 Å². The van der Waals surface area contributed by atoms with Gasteiger partial charge in [-0.25, -0.2) is 9.97 Å². The maximum atomic E-state index is 5.55. The van der Waals surface area contributed by atoms with E-state index in [-0.39, 0.29) is 5.28 Å². The second-order valence-corrected chi connectivity index (χ2v) is 2.32. The quantitative estimate of drug-likeness (QED) is 0.526. The normalized spacial score (nSPS) is 9.50. The molecule has 0 aliphatic carbocycles. The van der Waals surface area contributed by atoms with Crippen LogP contribution in [0.2, 0.25) is 10.4 Å². The minimum absolute atomic E-state index is 0.150. The van der Waals surface area contributed by atoms with Crippen molar-refractivity contribution in [2.24, 2.45) is 0 Å². The minimum atomic E-state index is 0.150. The summed E-state index contributed by atoms with van der Waals surface area (Å²) in [7, 11) is 1.73. The van der Waals surface area contributed by atoms with Crippen LogP contribution in [0.4, 0.5) is 5.82 Å². The summed E-state index contributed by atoms with van der Waals surface area (Å²) in [5.41, 5.74) is 0. The van der Waals surface area contributed by atoms with Crippen LogP contribution in [0.5, 0.6) is 0 Å². The van der Waals surface area contributed by atoms with Crippen LogP contribution >= 0.6 is 23.2 Å². The average Bonchev–Trinajstić information content (AvgIpc) is 1.85. The van der Waals surface area contributed by atoms with E-state index in [0.717, 1.165) is 0 Å². The molecule has 1 rings (SSSR count). The van der Waals surface area contributed by atoms with E-state index in [1.807, 2.05) is 0 Å². The van der Waals surface area contributed by atoms with Crippen LogP contribution < -0.4 is 5.32 Å². The molecule has 0 amide bonds. The van der Waals surface area contributed by atoms with Gasteiger partial charge in [-0.3, -0.25) is 0 Å². The number of aromatic nitrogens is 2. The molecule has 0 unspecified atom stereocenters. The molecule has 3 nitrogen and oxygen atoms in total. The molecule has 0 atom stereocenters. The van der Waals surface area contributed by atoms with Crippen LogP contribution in [0.25, 0.3) is 0 Å². The van der Waals surface area contributed by atoms with Crippen LogP contribution in [0.15, 0.2) is 6.07 Å². The van der Waals surface area contributed by atoms with E-state index < -0.39 is 0 Å².